The van der Waals surface area contributed by atoms with Gasteiger partial charge in [0.15, 0.2) is 6.10 Å². The van der Waals surface area contributed by atoms with Gasteiger partial charge in [0.2, 0.25) is 0 Å². The Hall–Kier alpha value is -2.08. The minimum absolute atomic E-state index is 0.0538. The molecule has 0 spiro atoms. The molecule has 0 aliphatic carbocycles. The normalized spacial score (nSPS) is 12.4. The molecule has 6 heteroatoms. The largest absolute Gasteiger partial charge is 0.436 e. The minimum atomic E-state index is -1.02. The van der Waals surface area contributed by atoms with Gasteiger partial charge in [-0.3, -0.25) is 4.79 Å². The maximum absolute atomic E-state index is 12.1. The van der Waals surface area contributed by atoms with Gasteiger partial charge in [-0.1, -0.05) is 30.3 Å². The van der Waals surface area contributed by atoms with Crippen molar-refractivity contribution >= 4 is 12.0 Å². The molecule has 0 aromatic heterocycles. The predicted octanol–water partition coefficient (Wildman–Crippen LogP) is 1.58. The number of carbonyl (C=O) groups is 2. The van der Waals surface area contributed by atoms with Crippen LogP contribution in [0.5, 0.6) is 0 Å². The Bertz CT molecular complexity index is 483. The number of ether oxygens (including phenoxy) is 1. The predicted molar refractivity (Wildman–Crippen MR) is 83.1 cm³/mol. The van der Waals surface area contributed by atoms with E-state index in [0.717, 1.165) is 5.56 Å². The molecular formula is C16H24N2O4. The van der Waals surface area contributed by atoms with Gasteiger partial charge in [-0.15, -0.1) is 0 Å². The topological polar surface area (TPSA) is 87.7 Å². The third kappa shape index (κ3) is 7.08. The third-order valence-corrected chi connectivity index (χ3v) is 2.72. The first kappa shape index (κ1) is 18.0. The summed E-state index contributed by atoms with van der Waals surface area (Å²) in [7, 11) is 0. The Morgan fingerprint density at radius 2 is 1.86 bits per heavy atom. The van der Waals surface area contributed by atoms with E-state index in [9.17, 15) is 9.59 Å². The van der Waals surface area contributed by atoms with Gasteiger partial charge in [0, 0.05) is 25.1 Å². The summed E-state index contributed by atoms with van der Waals surface area (Å²) in [6.45, 7) is 5.53. The fourth-order valence-corrected chi connectivity index (χ4v) is 1.72. The van der Waals surface area contributed by atoms with Crippen LogP contribution in [-0.2, 0) is 16.1 Å². The number of rotatable bonds is 6. The molecule has 0 saturated carbocycles. The van der Waals surface area contributed by atoms with E-state index in [2.05, 4.69) is 10.6 Å². The van der Waals surface area contributed by atoms with Crippen LogP contribution >= 0.6 is 0 Å². The Morgan fingerprint density at radius 1 is 1.23 bits per heavy atom. The van der Waals surface area contributed by atoms with Gasteiger partial charge < -0.3 is 20.5 Å². The Morgan fingerprint density at radius 3 is 2.41 bits per heavy atom. The van der Waals surface area contributed by atoms with Crippen molar-refractivity contribution in [1.29, 1.82) is 0 Å². The molecule has 0 aliphatic heterocycles. The fourth-order valence-electron chi connectivity index (χ4n) is 1.72. The number of amides is 2. The number of aliphatic hydroxyl groups excluding tert-OH is 1. The molecule has 0 unspecified atom stereocenters. The van der Waals surface area contributed by atoms with Crippen molar-refractivity contribution in [1.82, 2.24) is 10.6 Å². The number of nitrogens with one attached hydrogen (secondary N) is 2. The first-order chi connectivity index (χ1) is 10.3. The van der Waals surface area contributed by atoms with E-state index in [4.69, 9.17) is 9.84 Å². The second-order valence-corrected chi connectivity index (χ2v) is 5.98. The lowest BCUT2D eigenvalue weighted by Crippen LogP contribution is -2.45. The minimum Gasteiger partial charge on any atom is -0.436 e. The standard InChI is InChI=1S/C16H24N2O4/c1-16(2,3)18-15(21)22-13(9-10-19)14(20)17-11-12-7-5-4-6-8-12/h4-8,13,19H,9-11H2,1-3H3,(H,17,20)(H,18,21)/t13-/m0/s1. The molecule has 0 fully saturated rings. The van der Waals surface area contributed by atoms with Gasteiger partial charge >= 0.3 is 6.09 Å². The van der Waals surface area contributed by atoms with Crippen LogP contribution in [0.2, 0.25) is 0 Å². The van der Waals surface area contributed by atoms with Crippen molar-refractivity contribution in [2.24, 2.45) is 0 Å². The molecule has 6 nitrogen and oxygen atoms in total. The van der Waals surface area contributed by atoms with Crippen molar-refractivity contribution < 1.29 is 19.4 Å². The Labute approximate surface area is 130 Å². The van der Waals surface area contributed by atoms with Crippen LogP contribution in [-0.4, -0.2) is 35.4 Å². The molecule has 0 heterocycles. The summed E-state index contributed by atoms with van der Waals surface area (Å²) in [5, 5.41) is 14.3. The highest BCUT2D eigenvalue weighted by molar-refractivity contribution is 5.83. The second-order valence-electron chi connectivity index (χ2n) is 5.98. The fraction of sp³-hybridized carbons (Fsp3) is 0.500. The maximum Gasteiger partial charge on any atom is 0.408 e. The first-order valence-corrected chi connectivity index (χ1v) is 7.23. The van der Waals surface area contributed by atoms with Gasteiger partial charge in [-0.05, 0) is 26.3 Å². The smallest absolute Gasteiger partial charge is 0.408 e. The molecule has 0 saturated heterocycles. The van der Waals surface area contributed by atoms with Crippen molar-refractivity contribution in [3.05, 3.63) is 35.9 Å². The van der Waals surface area contributed by atoms with E-state index in [0.29, 0.717) is 6.54 Å². The highest BCUT2D eigenvalue weighted by atomic mass is 16.6. The number of aliphatic hydroxyl groups is 1. The molecule has 1 aromatic carbocycles. The summed E-state index contributed by atoms with van der Waals surface area (Å²) in [6.07, 6.45) is -1.64. The zero-order chi connectivity index (χ0) is 16.6. The van der Waals surface area contributed by atoms with E-state index in [1.165, 1.54) is 0 Å². The molecule has 122 valence electrons. The summed E-state index contributed by atoms with van der Waals surface area (Å²) in [4.78, 5) is 23.8. The quantitative estimate of drug-likeness (QED) is 0.744. The van der Waals surface area contributed by atoms with Crippen LogP contribution in [0, 0.1) is 0 Å². The lowest BCUT2D eigenvalue weighted by molar-refractivity contribution is -0.130. The summed E-state index contributed by atoms with van der Waals surface area (Å²) in [5.74, 6) is -0.429. The van der Waals surface area contributed by atoms with Gasteiger partial charge in [0.05, 0.1) is 0 Å². The van der Waals surface area contributed by atoms with Crippen LogP contribution < -0.4 is 10.6 Å². The monoisotopic (exact) mass is 308 g/mol. The van der Waals surface area contributed by atoms with Gasteiger partial charge in [0.1, 0.15) is 0 Å². The Balaban J connectivity index is 2.54. The van der Waals surface area contributed by atoms with Crippen LogP contribution in [0.15, 0.2) is 30.3 Å². The zero-order valence-corrected chi connectivity index (χ0v) is 13.3. The number of benzene rings is 1. The van der Waals surface area contributed by atoms with Crippen LogP contribution in [0.1, 0.15) is 32.8 Å². The summed E-state index contributed by atoms with van der Waals surface area (Å²) < 4.78 is 5.10. The summed E-state index contributed by atoms with van der Waals surface area (Å²) in [5.41, 5.74) is 0.485. The first-order valence-electron chi connectivity index (χ1n) is 7.23. The van der Waals surface area contributed by atoms with Gasteiger partial charge in [0.25, 0.3) is 5.91 Å². The molecule has 1 rings (SSSR count). The average Bonchev–Trinajstić information content (AvgIpc) is 2.43. The van der Waals surface area contributed by atoms with E-state index in [1.807, 2.05) is 51.1 Å². The van der Waals surface area contributed by atoms with E-state index < -0.39 is 23.6 Å². The molecule has 22 heavy (non-hydrogen) atoms. The van der Waals surface area contributed by atoms with Crippen molar-refractivity contribution in [2.45, 2.75) is 45.4 Å². The molecular weight excluding hydrogens is 284 g/mol. The summed E-state index contributed by atoms with van der Waals surface area (Å²) >= 11 is 0. The molecule has 2 amide bonds. The van der Waals surface area contributed by atoms with Gasteiger partial charge in [-0.25, -0.2) is 4.79 Å². The lowest BCUT2D eigenvalue weighted by Gasteiger charge is -2.23. The van der Waals surface area contributed by atoms with E-state index in [-0.39, 0.29) is 13.0 Å². The third-order valence-electron chi connectivity index (χ3n) is 2.72. The van der Waals surface area contributed by atoms with Crippen molar-refractivity contribution in [3.63, 3.8) is 0 Å². The number of hydrogen-bond donors (Lipinski definition) is 3. The van der Waals surface area contributed by atoms with Crippen LogP contribution in [0.4, 0.5) is 4.79 Å². The van der Waals surface area contributed by atoms with Crippen LogP contribution in [0.25, 0.3) is 0 Å². The summed E-state index contributed by atoms with van der Waals surface area (Å²) in [6, 6.07) is 9.41. The highest BCUT2D eigenvalue weighted by Crippen LogP contribution is 2.05. The van der Waals surface area contributed by atoms with Gasteiger partial charge in [-0.2, -0.15) is 0 Å². The zero-order valence-electron chi connectivity index (χ0n) is 13.3. The molecule has 1 atom stereocenters. The molecule has 3 N–H and O–H groups in total. The number of hydrogen-bond acceptors (Lipinski definition) is 4. The molecule has 1 aromatic rings. The van der Waals surface area contributed by atoms with E-state index >= 15 is 0 Å². The number of alkyl carbamates (subject to hydrolysis) is 1. The van der Waals surface area contributed by atoms with Crippen LogP contribution in [0.3, 0.4) is 0 Å². The second kappa shape index (κ2) is 8.38. The van der Waals surface area contributed by atoms with Crippen molar-refractivity contribution in [2.75, 3.05) is 6.61 Å². The van der Waals surface area contributed by atoms with E-state index in [1.54, 1.807) is 0 Å². The molecule has 0 radical (unpaired) electrons. The molecule has 0 bridgehead atoms. The lowest BCUT2D eigenvalue weighted by atomic mass is 10.1. The van der Waals surface area contributed by atoms with Crippen molar-refractivity contribution in [3.8, 4) is 0 Å². The Kier molecular flexibility index (Phi) is 6.85. The number of carbonyl (C=O) groups excluding carboxylic acids is 2. The SMILES string of the molecule is CC(C)(C)NC(=O)O[C@@H](CCO)C(=O)NCc1ccccc1. The maximum atomic E-state index is 12.1. The highest BCUT2D eigenvalue weighted by Gasteiger charge is 2.24. The molecule has 0 aliphatic rings. The average molecular weight is 308 g/mol.